The molecule has 0 fully saturated rings. The maximum atomic E-state index is 8.76. The Morgan fingerprint density at radius 1 is 1.56 bits per heavy atom. The zero-order valence-electron chi connectivity index (χ0n) is 9.85. The van der Waals surface area contributed by atoms with Gasteiger partial charge in [0.25, 0.3) is 0 Å². The van der Waals surface area contributed by atoms with Crippen molar-refractivity contribution in [2.24, 2.45) is 0 Å². The highest BCUT2D eigenvalue weighted by Crippen LogP contribution is 2.24. The molecule has 0 aliphatic heterocycles. The van der Waals surface area contributed by atoms with Crippen LogP contribution < -0.4 is 5.32 Å². The highest BCUT2D eigenvalue weighted by Gasteiger charge is 2.09. The lowest BCUT2D eigenvalue weighted by molar-refractivity contribution is 0.795. The molecule has 92 valence electrons. The summed E-state index contributed by atoms with van der Waals surface area (Å²) < 4.78 is 0. The normalized spacial score (nSPS) is 11.8. The van der Waals surface area contributed by atoms with Crippen LogP contribution in [0.15, 0.2) is 29.8 Å². The van der Waals surface area contributed by atoms with Crippen LogP contribution in [0.1, 0.15) is 23.4 Å². The van der Waals surface area contributed by atoms with Gasteiger partial charge in [-0.3, -0.25) is 0 Å². The van der Waals surface area contributed by atoms with Gasteiger partial charge in [0, 0.05) is 24.0 Å². The second-order valence-electron chi connectivity index (χ2n) is 3.96. The Kier molecular flexibility index (Phi) is 4.19. The molecule has 1 N–H and O–H groups in total. The number of thiazole rings is 1. The molecule has 1 aromatic heterocycles. The van der Waals surface area contributed by atoms with Crippen molar-refractivity contribution in [1.82, 2.24) is 4.98 Å². The molecule has 1 heterocycles. The number of rotatable bonds is 4. The fourth-order valence-corrected chi connectivity index (χ4v) is 2.50. The van der Waals surface area contributed by atoms with E-state index in [1.165, 1.54) is 0 Å². The largest absolute Gasteiger partial charge is 0.383 e. The van der Waals surface area contributed by atoms with Crippen LogP contribution in [0.4, 0.5) is 5.69 Å². The fraction of sp³-hybridized carbons (Fsp3) is 0.231. The zero-order valence-corrected chi connectivity index (χ0v) is 11.4. The summed E-state index contributed by atoms with van der Waals surface area (Å²) in [4.78, 5) is 4.28. The number of anilines is 1. The maximum Gasteiger partial charge on any atom is 0.0992 e. The van der Waals surface area contributed by atoms with Crippen molar-refractivity contribution in [2.45, 2.75) is 12.8 Å². The highest BCUT2D eigenvalue weighted by molar-refractivity contribution is 7.09. The summed E-state index contributed by atoms with van der Waals surface area (Å²) in [6, 6.07) is 7.31. The minimum Gasteiger partial charge on any atom is -0.383 e. The first-order chi connectivity index (χ1) is 8.70. The average Bonchev–Trinajstić information content (AvgIpc) is 2.90. The molecule has 18 heavy (non-hydrogen) atoms. The summed E-state index contributed by atoms with van der Waals surface area (Å²) in [6.07, 6.45) is 1.81. The summed E-state index contributed by atoms with van der Waals surface area (Å²) in [6.45, 7) is 2.88. The lowest BCUT2D eigenvalue weighted by Crippen LogP contribution is -2.09. The zero-order chi connectivity index (χ0) is 13.0. The molecule has 0 saturated heterocycles. The van der Waals surface area contributed by atoms with E-state index < -0.39 is 0 Å². The van der Waals surface area contributed by atoms with E-state index in [0.717, 1.165) is 17.2 Å². The number of halogens is 1. The lowest BCUT2D eigenvalue weighted by atomic mass is 10.1. The van der Waals surface area contributed by atoms with Crippen LogP contribution in [0.25, 0.3) is 0 Å². The van der Waals surface area contributed by atoms with Crippen molar-refractivity contribution < 1.29 is 0 Å². The lowest BCUT2D eigenvalue weighted by Gasteiger charge is -2.12. The summed E-state index contributed by atoms with van der Waals surface area (Å²) in [5.41, 5.74) is 1.41. The molecule has 1 aromatic carbocycles. The molecule has 0 spiro atoms. The first kappa shape index (κ1) is 12.9. The van der Waals surface area contributed by atoms with Gasteiger partial charge in [-0.15, -0.1) is 11.3 Å². The Hall–Kier alpha value is -1.57. The van der Waals surface area contributed by atoms with Gasteiger partial charge in [0.2, 0.25) is 0 Å². The third kappa shape index (κ3) is 3.00. The minimum atomic E-state index is 0.330. The SMILES string of the molecule is CC(CNc1ccc(C#N)cc1Cl)c1nccs1. The van der Waals surface area contributed by atoms with Gasteiger partial charge in [-0.1, -0.05) is 18.5 Å². The predicted molar refractivity (Wildman–Crippen MR) is 75.2 cm³/mol. The van der Waals surface area contributed by atoms with Crippen molar-refractivity contribution in [3.8, 4) is 6.07 Å². The molecule has 3 nitrogen and oxygen atoms in total. The van der Waals surface area contributed by atoms with E-state index in [1.807, 2.05) is 17.6 Å². The van der Waals surface area contributed by atoms with Crippen molar-refractivity contribution >= 4 is 28.6 Å². The van der Waals surface area contributed by atoms with Gasteiger partial charge in [-0.25, -0.2) is 4.98 Å². The Morgan fingerprint density at radius 2 is 2.39 bits per heavy atom. The molecule has 2 aromatic rings. The van der Waals surface area contributed by atoms with Crippen LogP contribution in [0.2, 0.25) is 5.02 Å². The first-order valence-electron chi connectivity index (χ1n) is 5.53. The smallest absolute Gasteiger partial charge is 0.0992 e. The van der Waals surface area contributed by atoms with E-state index in [1.54, 1.807) is 23.5 Å². The van der Waals surface area contributed by atoms with Crippen molar-refractivity contribution in [3.05, 3.63) is 45.4 Å². The van der Waals surface area contributed by atoms with Crippen LogP contribution >= 0.6 is 22.9 Å². The topological polar surface area (TPSA) is 48.7 Å². The second kappa shape index (κ2) is 5.85. The van der Waals surface area contributed by atoms with E-state index in [2.05, 4.69) is 23.3 Å². The van der Waals surface area contributed by atoms with E-state index in [9.17, 15) is 0 Å². The molecule has 0 bridgehead atoms. The molecule has 0 aliphatic carbocycles. The third-order valence-corrected chi connectivity index (χ3v) is 3.89. The highest BCUT2D eigenvalue weighted by atomic mass is 35.5. The summed E-state index contributed by atoms with van der Waals surface area (Å²) in [5.74, 6) is 0.330. The van der Waals surface area contributed by atoms with Crippen LogP contribution in [-0.4, -0.2) is 11.5 Å². The number of benzene rings is 1. The van der Waals surface area contributed by atoms with E-state index in [4.69, 9.17) is 16.9 Å². The minimum absolute atomic E-state index is 0.330. The standard InChI is InChI=1S/C13H12ClN3S/c1-9(13-16-4-5-18-13)8-17-12-3-2-10(7-15)6-11(12)14/h2-6,9,17H,8H2,1H3. The molecule has 0 aliphatic rings. The quantitative estimate of drug-likeness (QED) is 0.922. The molecule has 0 radical (unpaired) electrons. The Labute approximate surface area is 115 Å². The van der Waals surface area contributed by atoms with E-state index >= 15 is 0 Å². The van der Waals surface area contributed by atoms with Crippen LogP contribution in [0.3, 0.4) is 0 Å². The summed E-state index contributed by atoms with van der Waals surface area (Å²) in [7, 11) is 0. The van der Waals surface area contributed by atoms with Gasteiger partial charge in [0.15, 0.2) is 0 Å². The number of aromatic nitrogens is 1. The summed E-state index contributed by atoms with van der Waals surface area (Å²) >= 11 is 7.74. The van der Waals surface area contributed by atoms with Gasteiger partial charge >= 0.3 is 0 Å². The molecule has 1 atom stereocenters. The predicted octanol–water partition coefficient (Wildman–Crippen LogP) is 3.88. The van der Waals surface area contributed by atoms with Crippen molar-refractivity contribution in [1.29, 1.82) is 5.26 Å². The van der Waals surface area contributed by atoms with Gasteiger partial charge in [-0.05, 0) is 18.2 Å². The van der Waals surface area contributed by atoms with Gasteiger partial charge in [-0.2, -0.15) is 5.26 Å². The number of hydrogen-bond donors (Lipinski definition) is 1. The first-order valence-corrected chi connectivity index (χ1v) is 6.79. The van der Waals surface area contributed by atoms with Crippen LogP contribution in [-0.2, 0) is 0 Å². The van der Waals surface area contributed by atoms with Crippen LogP contribution in [0.5, 0.6) is 0 Å². The second-order valence-corrected chi connectivity index (χ2v) is 5.29. The molecule has 0 amide bonds. The Bertz CT molecular complexity index is 560. The number of nitrogens with zero attached hydrogens (tertiary/aromatic N) is 2. The Balaban J connectivity index is 2.00. The van der Waals surface area contributed by atoms with E-state index in [0.29, 0.717) is 16.5 Å². The van der Waals surface area contributed by atoms with Gasteiger partial charge < -0.3 is 5.32 Å². The molecule has 5 heteroatoms. The maximum absolute atomic E-state index is 8.76. The molecular formula is C13H12ClN3S. The number of nitriles is 1. The van der Waals surface area contributed by atoms with Crippen LogP contribution in [0, 0.1) is 11.3 Å². The van der Waals surface area contributed by atoms with Gasteiger partial charge in [0.1, 0.15) is 0 Å². The molecule has 0 saturated carbocycles. The number of hydrogen-bond acceptors (Lipinski definition) is 4. The number of nitrogens with one attached hydrogen (secondary N) is 1. The van der Waals surface area contributed by atoms with Gasteiger partial charge in [0.05, 0.1) is 27.4 Å². The monoisotopic (exact) mass is 277 g/mol. The Morgan fingerprint density at radius 3 is 3.00 bits per heavy atom. The third-order valence-electron chi connectivity index (χ3n) is 2.57. The van der Waals surface area contributed by atoms with Crippen molar-refractivity contribution in [3.63, 3.8) is 0 Å². The fourth-order valence-electron chi connectivity index (χ4n) is 1.56. The van der Waals surface area contributed by atoms with Crippen molar-refractivity contribution in [2.75, 3.05) is 11.9 Å². The van der Waals surface area contributed by atoms with E-state index in [-0.39, 0.29) is 0 Å². The summed E-state index contributed by atoms with van der Waals surface area (Å²) in [5, 5.41) is 15.7. The molecule has 2 rings (SSSR count). The molecule has 1 unspecified atom stereocenters. The molecular weight excluding hydrogens is 266 g/mol. The average molecular weight is 278 g/mol.